The van der Waals surface area contributed by atoms with Crippen molar-refractivity contribution >= 4 is 17.4 Å². The van der Waals surface area contributed by atoms with Crippen LogP contribution in [0.5, 0.6) is 0 Å². The normalized spacial score (nSPS) is 18.9. The fraction of sp³-hybridized carbons (Fsp3) is 0.733. The number of nitrogens with zero attached hydrogens (tertiary/aromatic N) is 2. The SMILES string of the molecule is CC(C)(C)c1nc(Cl)cc(NCC2(O)CCCCC2)n1. The van der Waals surface area contributed by atoms with Crippen LogP contribution >= 0.6 is 11.6 Å². The Hall–Kier alpha value is -0.870. The number of hydrogen-bond donors (Lipinski definition) is 2. The Kier molecular flexibility index (Phi) is 4.55. The summed E-state index contributed by atoms with van der Waals surface area (Å²) < 4.78 is 0. The molecular formula is C15H24ClN3O. The number of aliphatic hydroxyl groups is 1. The summed E-state index contributed by atoms with van der Waals surface area (Å²) in [6.07, 6.45) is 5.11. The molecule has 4 nitrogen and oxygen atoms in total. The Balaban J connectivity index is 2.07. The first-order valence-electron chi connectivity index (χ1n) is 7.30. The molecule has 0 atom stereocenters. The van der Waals surface area contributed by atoms with Crippen LogP contribution in [0.2, 0.25) is 5.15 Å². The molecule has 0 aliphatic heterocycles. The van der Waals surface area contributed by atoms with E-state index in [0.29, 0.717) is 23.3 Å². The molecule has 5 heteroatoms. The highest BCUT2D eigenvalue weighted by Gasteiger charge is 2.29. The molecule has 2 N–H and O–H groups in total. The summed E-state index contributed by atoms with van der Waals surface area (Å²) in [5.74, 6) is 1.40. The molecule has 0 unspecified atom stereocenters. The molecule has 0 saturated heterocycles. The lowest BCUT2D eigenvalue weighted by molar-refractivity contribution is 0.0166. The van der Waals surface area contributed by atoms with E-state index >= 15 is 0 Å². The molecule has 1 heterocycles. The molecule has 1 saturated carbocycles. The van der Waals surface area contributed by atoms with Gasteiger partial charge in [-0.25, -0.2) is 9.97 Å². The van der Waals surface area contributed by atoms with Crippen LogP contribution in [-0.4, -0.2) is 27.2 Å². The van der Waals surface area contributed by atoms with Crippen LogP contribution in [-0.2, 0) is 5.41 Å². The maximum atomic E-state index is 10.5. The maximum absolute atomic E-state index is 10.5. The molecule has 0 radical (unpaired) electrons. The number of halogens is 1. The van der Waals surface area contributed by atoms with Gasteiger partial charge in [0.15, 0.2) is 0 Å². The molecule has 112 valence electrons. The van der Waals surface area contributed by atoms with E-state index in [0.717, 1.165) is 25.7 Å². The fourth-order valence-corrected chi connectivity index (χ4v) is 2.67. The average molecular weight is 298 g/mol. The Bertz CT molecular complexity index is 465. The van der Waals surface area contributed by atoms with Gasteiger partial charge >= 0.3 is 0 Å². The van der Waals surface area contributed by atoms with Crippen LogP contribution in [0.4, 0.5) is 5.82 Å². The summed E-state index contributed by atoms with van der Waals surface area (Å²) in [6, 6.07) is 1.71. The second-order valence-corrected chi connectivity index (χ2v) is 7.18. The number of rotatable bonds is 3. The standard InChI is InChI=1S/C15H24ClN3O/c1-14(2,3)13-18-11(16)9-12(19-13)17-10-15(20)7-5-4-6-8-15/h9,20H,4-8,10H2,1-3H3,(H,17,18,19). The second-order valence-electron chi connectivity index (χ2n) is 6.79. The molecule has 1 aromatic rings. The number of anilines is 1. The lowest BCUT2D eigenvalue weighted by Crippen LogP contribution is -2.39. The molecule has 0 bridgehead atoms. The van der Waals surface area contributed by atoms with E-state index in [1.54, 1.807) is 6.07 Å². The van der Waals surface area contributed by atoms with Crippen molar-refractivity contribution in [2.75, 3.05) is 11.9 Å². The Morgan fingerprint density at radius 2 is 1.90 bits per heavy atom. The fourth-order valence-electron chi connectivity index (χ4n) is 2.49. The minimum Gasteiger partial charge on any atom is -0.388 e. The van der Waals surface area contributed by atoms with E-state index in [9.17, 15) is 5.11 Å². The first kappa shape index (κ1) is 15.5. The molecule has 1 aromatic heterocycles. The summed E-state index contributed by atoms with van der Waals surface area (Å²) in [7, 11) is 0. The monoisotopic (exact) mass is 297 g/mol. The van der Waals surface area contributed by atoms with Gasteiger partial charge in [0, 0.05) is 18.0 Å². The summed E-state index contributed by atoms with van der Waals surface area (Å²) >= 11 is 6.06. The minimum absolute atomic E-state index is 0.150. The highest BCUT2D eigenvalue weighted by atomic mass is 35.5. The van der Waals surface area contributed by atoms with Crippen molar-refractivity contribution in [2.24, 2.45) is 0 Å². The van der Waals surface area contributed by atoms with Gasteiger partial charge in [-0.2, -0.15) is 0 Å². The van der Waals surface area contributed by atoms with Gasteiger partial charge in [-0.05, 0) is 12.8 Å². The molecule has 0 amide bonds. The zero-order valence-electron chi connectivity index (χ0n) is 12.5. The van der Waals surface area contributed by atoms with E-state index < -0.39 is 5.60 Å². The van der Waals surface area contributed by atoms with Gasteiger partial charge in [0.25, 0.3) is 0 Å². The van der Waals surface area contributed by atoms with Crippen LogP contribution in [0.3, 0.4) is 0 Å². The van der Waals surface area contributed by atoms with Crippen LogP contribution < -0.4 is 5.32 Å². The third kappa shape index (κ3) is 4.06. The van der Waals surface area contributed by atoms with E-state index in [4.69, 9.17) is 11.6 Å². The summed E-state index contributed by atoms with van der Waals surface area (Å²) in [5.41, 5.74) is -0.763. The third-order valence-corrected chi connectivity index (χ3v) is 3.94. The lowest BCUT2D eigenvalue weighted by atomic mass is 9.85. The Labute approximate surface area is 126 Å². The van der Waals surface area contributed by atoms with Gasteiger partial charge in [-0.1, -0.05) is 51.6 Å². The van der Waals surface area contributed by atoms with Gasteiger partial charge in [0.05, 0.1) is 5.60 Å². The van der Waals surface area contributed by atoms with Crippen molar-refractivity contribution in [1.29, 1.82) is 0 Å². The summed E-state index contributed by atoms with van der Waals surface area (Å²) in [6.45, 7) is 6.68. The second kappa shape index (κ2) is 5.86. The predicted molar refractivity (Wildman–Crippen MR) is 82.3 cm³/mol. The number of aromatic nitrogens is 2. The van der Waals surface area contributed by atoms with Crippen molar-refractivity contribution in [3.05, 3.63) is 17.0 Å². The van der Waals surface area contributed by atoms with E-state index in [2.05, 4.69) is 36.1 Å². The van der Waals surface area contributed by atoms with Crippen molar-refractivity contribution in [3.8, 4) is 0 Å². The zero-order valence-corrected chi connectivity index (χ0v) is 13.3. The highest BCUT2D eigenvalue weighted by Crippen LogP contribution is 2.28. The molecule has 2 rings (SSSR count). The largest absolute Gasteiger partial charge is 0.388 e. The van der Waals surface area contributed by atoms with Crippen LogP contribution in [0.1, 0.15) is 58.7 Å². The third-order valence-electron chi connectivity index (χ3n) is 3.75. The van der Waals surface area contributed by atoms with Gasteiger partial charge in [-0.15, -0.1) is 0 Å². The molecular weight excluding hydrogens is 274 g/mol. The van der Waals surface area contributed by atoms with Gasteiger partial charge < -0.3 is 10.4 Å². The molecule has 1 aliphatic rings. The summed E-state index contributed by atoms with van der Waals surface area (Å²) in [5, 5.41) is 14.1. The molecule has 20 heavy (non-hydrogen) atoms. The predicted octanol–water partition coefficient (Wildman–Crippen LogP) is 3.53. The quantitative estimate of drug-likeness (QED) is 0.838. The van der Waals surface area contributed by atoms with Crippen molar-refractivity contribution < 1.29 is 5.11 Å². The van der Waals surface area contributed by atoms with Crippen LogP contribution in [0.25, 0.3) is 0 Å². The maximum Gasteiger partial charge on any atom is 0.137 e. The molecule has 1 aliphatic carbocycles. The van der Waals surface area contributed by atoms with E-state index in [-0.39, 0.29) is 5.41 Å². The molecule has 1 fully saturated rings. The van der Waals surface area contributed by atoms with E-state index in [1.807, 2.05) is 0 Å². The topological polar surface area (TPSA) is 58.0 Å². The number of nitrogens with one attached hydrogen (secondary N) is 1. The Morgan fingerprint density at radius 1 is 1.25 bits per heavy atom. The number of hydrogen-bond acceptors (Lipinski definition) is 4. The first-order chi connectivity index (χ1) is 9.28. The lowest BCUT2D eigenvalue weighted by Gasteiger charge is -2.32. The Morgan fingerprint density at radius 3 is 2.50 bits per heavy atom. The summed E-state index contributed by atoms with van der Waals surface area (Å²) in [4.78, 5) is 8.77. The van der Waals surface area contributed by atoms with Crippen LogP contribution in [0, 0.1) is 0 Å². The highest BCUT2D eigenvalue weighted by molar-refractivity contribution is 6.29. The smallest absolute Gasteiger partial charge is 0.137 e. The average Bonchev–Trinajstić information content (AvgIpc) is 2.36. The zero-order chi connectivity index (χ0) is 14.8. The first-order valence-corrected chi connectivity index (χ1v) is 7.68. The van der Waals surface area contributed by atoms with Gasteiger partial charge in [0.2, 0.25) is 0 Å². The van der Waals surface area contributed by atoms with Crippen molar-refractivity contribution in [3.63, 3.8) is 0 Å². The molecule has 0 aromatic carbocycles. The van der Waals surface area contributed by atoms with Gasteiger partial charge in [0.1, 0.15) is 16.8 Å². The minimum atomic E-state index is -0.614. The van der Waals surface area contributed by atoms with Crippen LogP contribution in [0.15, 0.2) is 6.07 Å². The van der Waals surface area contributed by atoms with E-state index in [1.165, 1.54) is 6.42 Å². The van der Waals surface area contributed by atoms with Crippen molar-refractivity contribution in [1.82, 2.24) is 9.97 Å². The van der Waals surface area contributed by atoms with Gasteiger partial charge in [-0.3, -0.25) is 0 Å². The van der Waals surface area contributed by atoms with Crippen molar-refractivity contribution in [2.45, 2.75) is 63.9 Å². The molecule has 0 spiro atoms.